The summed E-state index contributed by atoms with van der Waals surface area (Å²) in [5.74, 6) is 0.499. The zero-order valence-corrected chi connectivity index (χ0v) is 20.1. The summed E-state index contributed by atoms with van der Waals surface area (Å²) in [5, 5.41) is 14.4. The van der Waals surface area contributed by atoms with Crippen molar-refractivity contribution in [1.29, 1.82) is 0 Å². The summed E-state index contributed by atoms with van der Waals surface area (Å²) >= 11 is 8.14. The molecule has 1 aliphatic heterocycles. The highest BCUT2D eigenvalue weighted by molar-refractivity contribution is 7.13. The van der Waals surface area contributed by atoms with Crippen molar-refractivity contribution in [2.75, 3.05) is 31.6 Å². The van der Waals surface area contributed by atoms with Crippen LogP contribution >= 0.6 is 23.1 Å². The van der Waals surface area contributed by atoms with Gasteiger partial charge < -0.3 is 20.1 Å². The summed E-state index contributed by atoms with van der Waals surface area (Å²) in [5.41, 5.74) is 1.63. The molecule has 5 nitrogen and oxygen atoms in total. The van der Waals surface area contributed by atoms with Crippen LogP contribution < -0.4 is 10.1 Å². The number of aliphatic hydroxyl groups excluding tert-OH is 1. The maximum Gasteiger partial charge on any atom is 0.172 e. The Balaban J connectivity index is 1.31. The molecule has 5 rings (SSSR count). The van der Waals surface area contributed by atoms with Crippen LogP contribution in [0.1, 0.15) is 12.8 Å². The van der Waals surface area contributed by atoms with Crippen molar-refractivity contribution < 1.29 is 14.2 Å². The van der Waals surface area contributed by atoms with Gasteiger partial charge in [0.05, 0.1) is 28.1 Å². The van der Waals surface area contributed by atoms with E-state index in [1.165, 1.54) is 11.5 Å². The predicted molar refractivity (Wildman–Crippen MR) is 137 cm³/mol. The predicted octanol–water partition coefficient (Wildman–Crippen LogP) is 6.33. The fraction of sp³-hybridized carbons (Fsp3) is 0.269. The fourth-order valence-electron chi connectivity index (χ4n) is 4.26. The SMILES string of the molecule is OC1CCN(CCCOc2cccc(-c3cccc(Nc4nsc5ccccc45)c3Cl)c2F)C1. The molecule has 0 spiro atoms. The van der Waals surface area contributed by atoms with Gasteiger partial charge in [0.2, 0.25) is 0 Å². The summed E-state index contributed by atoms with van der Waals surface area (Å²) in [6, 6.07) is 18.6. The zero-order valence-electron chi connectivity index (χ0n) is 18.5. The average molecular weight is 498 g/mol. The minimum Gasteiger partial charge on any atom is -0.490 e. The molecule has 4 aromatic rings. The maximum atomic E-state index is 15.4. The highest BCUT2D eigenvalue weighted by Crippen LogP contribution is 2.39. The molecule has 3 aromatic carbocycles. The van der Waals surface area contributed by atoms with Crippen molar-refractivity contribution in [2.24, 2.45) is 0 Å². The van der Waals surface area contributed by atoms with Gasteiger partial charge in [-0.2, -0.15) is 4.37 Å². The van der Waals surface area contributed by atoms with Gasteiger partial charge in [0.1, 0.15) is 0 Å². The van der Waals surface area contributed by atoms with E-state index in [1.807, 2.05) is 36.4 Å². The number of likely N-dealkylation sites (tertiary alicyclic amines) is 1. The number of nitrogens with one attached hydrogen (secondary N) is 1. The molecule has 1 aliphatic rings. The third-order valence-corrected chi connectivity index (χ3v) is 7.24. The average Bonchev–Trinajstić information content (AvgIpc) is 3.45. The van der Waals surface area contributed by atoms with Crippen molar-refractivity contribution in [1.82, 2.24) is 9.27 Å². The van der Waals surface area contributed by atoms with Crippen molar-refractivity contribution >= 4 is 44.7 Å². The Hall–Kier alpha value is -2.71. The molecule has 8 heteroatoms. The molecule has 1 fully saturated rings. The van der Waals surface area contributed by atoms with Crippen LogP contribution in [-0.2, 0) is 0 Å². The number of benzene rings is 3. The van der Waals surface area contributed by atoms with Crippen LogP contribution in [0.3, 0.4) is 0 Å². The lowest BCUT2D eigenvalue weighted by molar-refractivity contribution is 0.172. The topological polar surface area (TPSA) is 57.6 Å². The Morgan fingerprint density at radius 1 is 1.12 bits per heavy atom. The van der Waals surface area contributed by atoms with Crippen molar-refractivity contribution in [3.63, 3.8) is 0 Å². The summed E-state index contributed by atoms with van der Waals surface area (Å²) in [6.07, 6.45) is 1.34. The van der Waals surface area contributed by atoms with Gasteiger partial charge in [-0.15, -0.1) is 0 Å². The van der Waals surface area contributed by atoms with Crippen molar-refractivity contribution in [3.05, 3.63) is 71.5 Å². The molecule has 0 aliphatic carbocycles. The largest absolute Gasteiger partial charge is 0.490 e. The quantitative estimate of drug-likeness (QED) is 0.278. The van der Waals surface area contributed by atoms with Crippen LogP contribution in [0.2, 0.25) is 5.02 Å². The van der Waals surface area contributed by atoms with E-state index in [0.717, 1.165) is 41.8 Å². The van der Waals surface area contributed by atoms with Crippen LogP contribution in [-0.4, -0.2) is 46.7 Å². The molecule has 34 heavy (non-hydrogen) atoms. The number of aromatic nitrogens is 1. The molecule has 0 radical (unpaired) electrons. The number of fused-ring (bicyclic) bond motifs is 1. The van der Waals surface area contributed by atoms with Gasteiger partial charge >= 0.3 is 0 Å². The van der Waals surface area contributed by atoms with Crippen LogP contribution in [0.15, 0.2) is 60.7 Å². The van der Waals surface area contributed by atoms with Gasteiger partial charge in [-0.3, -0.25) is 0 Å². The van der Waals surface area contributed by atoms with Crippen molar-refractivity contribution in [3.8, 4) is 16.9 Å². The van der Waals surface area contributed by atoms with Gasteiger partial charge in [0, 0.05) is 36.1 Å². The lowest BCUT2D eigenvalue weighted by atomic mass is 10.0. The molecular formula is C26H25ClFN3O2S. The van der Waals surface area contributed by atoms with Crippen molar-refractivity contribution in [2.45, 2.75) is 18.9 Å². The second kappa shape index (κ2) is 10.3. The molecule has 0 amide bonds. The monoisotopic (exact) mass is 497 g/mol. The summed E-state index contributed by atoms with van der Waals surface area (Å²) in [7, 11) is 0. The summed E-state index contributed by atoms with van der Waals surface area (Å²) in [4.78, 5) is 2.20. The molecule has 1 saturated heterocycles. The highest BCUT2D eigenvalue weighted by atomic mass is 35.5. The van der Waals surface area contributed by atoms with Crippen LogP contribution in [0.5, 0.6) is 5.75 Å². The van der Waals surface area contributed by atoms with Gasteiger partial charge in [0.15, 0.2) is 17.4 Å². The van der Waals surface area contributed by atoms with E-state index in [-0.39, 0.29) is 11.9 Å². The van der Waals surface area contributed by atoms with E-state index in [2.05, 4.69) is 14.6 Å². The molecule has 2 N–H and O–H groups in total. The number of ether oxygens (including phenoxy) is 1. The number of halogens is 2. The van der Waals surface area contributed by atoms with E-state index in [1.54, 1.807) is 24.3 Å². The summed E-state index contributed by atoms with van der Waals surface area (Å²) < 4.78 is 26.7. The Morgan fingerprint density at radius 2 is 1.94 bits per heavy atom. The molecule has 1 unspecified atom stereocenters. The Bertz CT molecular complexity index is 1300. The summed E-state index contributed by atoms with van der Waals surface area (Å²) in [6.45, 7) is 2.82. The Morgan fingerprint density at radius 3 is 2.79 bits per heavy atom. The number of anilines is 2. The Labute approximate surface area is 206 Å². The molecule has 0 saturated carbocycles. The minimum atomic E-state index is -0.433. The number of rotatable bonds is 8. The third kappa shape index (κ3) is 4.88. The van der Waals surface area contributed by atoms with Gasteiger partial charge in [-0.05, 0) is 48.6 Å². The lowest BCUT2D eigenvalue weighted by Gasteiger charge is -2.16. The number of aliphatic hydroxyl groups is 1. The third-order valence-electron chi connectivity index (χ3n) is 6.01. The number of hydrogen-bond acceptors (Lipinski definition) is 6. The van der Waals surface area contributed by atoms with E-state index in [4.69, 9.17) is 16.3 Å². The van der Waals surface area contributed by atoms with Gasteiger partial charge in [-0.1, -0.05) is 48.0 Å². The van der Waals surface area contributed by atoms with Crippen LogP contribution in [0.4, 0.5) is 15.9 Å². The van der Waals surface area contributed by atoms with E-state index >= 15 is 4.39 Å². The minimum absolute atomic E-state index is 0.207. The molecule has 176 valence electrons. The van der Waals surface area contributed by atoms with Gasteiger partial charge in [-0.25, -0.2) is 4.39 Å². The molecular weight excluding hydrogens is 473 g/mol. The van der Waals surface area contributed by atoms with Crippen LogP contribution in [0.25, 0.3) is 21.2 Å². The number of β-amino-alcohol motifs (C(OH)–C–C–N with tert-alkyl or cyclic N) is 1. The normalized spacial score (nSPS) is 16.3. The fourth-order valence-corrected chi connectivity index (χ4v) is 5.27. The highest BCUT2D eigenvalue weighted by Gasteiger charge is 2.20. The first kappa shape index (κ1) is 23.1. The molecule has 1 atom stereocenters. The van der Waals surface area contributed by atoms with E-state index < -0.39 is 5.82 Å². The van der Waals surface area contributed by atoms with Gasteiger partial charge in [0.25, 0.3) is 0 Å². The first-order chi connectivity index (χ1) is 16.6. The van der Waals surface area contributed by atoms with E-state index in [9.17, 15) is 5.11 Å². The zero-order chi connectivity index (χ0) is 23.5. The lowest BCUT2D eigenvalue weighted by Crippen LogP contribution is -2.24. The second-order valence-electron chi connectivity index (χ2n) is 8.38. The molecule has 2 heterocycles. The van der Waals surface area contributed by atoms with Crippen LogP contribution in [0, 0.1) is 5.82 Å². The molecule has 1 aromatic heterocycles. The molecule has 0 bridgehead atoms. The first-order valence-corrected chi connectivity index (χ1v) is 12.5. The smallest absolute Gasteiger partial charge is 0.172 e. The van der Waals surface area contributed by atoms with E-state index in [0.29, 0.717) is 35.0 Å². The standard InChI is InChI=1S/C26H25ClFN3O2S/c27-24-18(7-3-9-21(24)29-26-20-6-1-2-11-23(20)34-30-26)19-8-4-10-22(25(19)28)33-15-5-13-31-14-12-17(32)16-31/h1-4,6-11,17,32H,5,12-16H2,(H,29,30). The first-order valence-electron chi connectivity index (χ1n) is 11.3. The maximum absolute atomic E-state index is 15.4. The second-order valence-corrected chi connectivity index (χ2v) is 9.57. The Kier molecular flexibility index (Phi) is 6.97. The number of nitrogens with zero attached hydrogens (tertiary/aromatic N) is 2. The number of hydrogen-bond donors (Lipinski definition) is 2.